The molecule has 96 valence electrons. The molecule has 0 aromatic heterocycles. The lowest BCUT2D eigenvalue weighted by Crippen LogP contribution is -2.33. The minimum absolute atomic E-state index is 0.463. The summed E-state index contributed by atoms with van der Waals surface area (Å²) >= 11 is 6.37. The summed E-state index contributed by atoms with van der Waals surface area (Å²) in [6.45, 7) is 8.51. The highest BCUT2D eigenvalue weighted by Crippen LogP contribution is 2.31. The van der Waals surface area contributed by atoms with Crippen molar-refractivity contribution in [1.29, 1.82) is 0 Å². The third kappa shape index (κ3) is 3.62. The van der Waals surface area contributed by atoms with Crippen LogP contribution in [0.15, 0.2) is 18.2 Å². The van der Waals surface area contributed by atoms with Crippen LogP contribution in [0.5, 0.6) is 0 Å². The van der Waals surface area contributed by atoms with Crippen LogP contribution in [-0.2, 0) is 6.54 Å². The molecule has 0 spiro atoms. The molecule has 0 radical (unpaired) electrons. The fraction of sp³-hybridized carbons (Fsp3) is 0.571. The molecule has 17 heavy (non-hydrogen) atoms. The molecular formula is C14H23ClN2. The third-order valence-corrected chi connectivity index (χ3v) is 3.12. The first kappa shape index (κ1) is 14.3. The van der Waals surface area contributed by atoms with Gasteiger partial charge in [-0.15, -0.1) is 0 Å². The van der Waals surface area contributed by atoms with Crippen LogP contribution in [0.25, 0.3) is 0 Å². The summed E-state index contributed by atoms with van der Waals surface area (Å²) in [5, 5.41) is 4.05. The zero-order chi connectivity index (χ0) is 12.8. The van der Waals surface area contributed by atoms with Crippen molar-refractivity contribution in [1.82, 2.24) is 5.32 Å². The molecule has 3 heteroatoms. The van der Waals surface area contributed by atoms with Crippen LogP contribution in [0.1, 0.15) is 32.8 Å². The summed E-state index contributed by atoms with van der Waals surface area (Å²) in [7, 11) is 1.96. The number of para-hydroxylation sites is 1. The van der Waals surface area contributed by atoms with Crippen molar-refractivity contribution in [2.75, 3.05) is 18.5 Å². The zero-order valence-corrected chi connectivity index (χ0v) is 12.0. The molecule has 1 N–H and O–H groups in total. The Labute approximate surface area is 110 Å². The highest BCUT2D eigenvalue weighted by Gasteiger charge is 2.16. The quantitative estimate of drug-likeness (QED) is 0.833. The lowest BCUT2D eigenvalue weighted by Gasteiger charge is -2.31. The van der Waals surface area contributed by atoms with Gasteiger partial charge in [0.25, 0.3) is 0 Å². The molecule has 0 saturated carbocycles. The molecule has 0 heterocycles. The average molecular weight is 255 g/mol. The minimum Gasteiger partial charge on any atom is -0.368 e. The van der Waals surface area contributed by atoms with E-state index >= 15 is 0 Å². The van der Waals surface area contributed by atoms with E-state index < -0.39 is 0 Å². The van der Waals surface area contributed by atoms with Gasteiger partial charge >= 0.3 is 0 Å². The minimum atomic E-state index is 0.463. The number of anilines is 1. The first-order valence-corrected chi connectivity index (χ1v) is 6.68. The Morgan fingerprint density at radius 2 is 2.06 bits per heavy atom. The Bertz CT molecular complexity index is 350. The van der Waals surface area contributed by atoms with Crippen LogP contribution in [0.3, 0.4) is 0 Å². The summed E-state index contributed by atoms with van der Waals surface area (Å²) in [5.41, 5.74) is 2.45. The Kier molecular flexibility index (Phi) is 5.79. The Morgan fingerprint density at radius 1 is 1.35 bits per heavy atom. The molecule has 0 fully saturated rings. The van der Waals surface area contributed by atoms with Crippen LogP contribution >= 0.6 is 11.6 Å². The van der Waals surface area contributed by atoms with Gasteiger partial charge in [-0.25, -0.2) is 0 Å². The van der Waals surface area contributed by atoms with Gasteiger partial charge in [0.05, 0.1) is 10.7 Å². The number of benzene rings is 1. The van der Waals surface area contributed by atoms with Gasteiger partial charge in [-0.3, -0.25) is 0 Å². The topological polar surface area (TPSA) is 15.3 Å². The first-order chi connectivity index (χ1) is 8.11. The van der Waals surface area contributed by atoms with Crippen molar-refractivity contribution in [2.24, 2.45) is 0 Å². The third-order valence-electron chi connectivity index (χ3n) is 2.81. The van der Waals surface area contributed by atoms with Gasteiger partial charge in [0, 0.05) is 19.1 Å². The largest absolute Gasteiger partial charge is 0.368 e. The number of nitrogens with zero attached hydrogens (tertiary/aromatic N) is 1. The van der Waals surface area contributed by atoms with Crippen LogP contribution in [0.4, 0.5) is 5.69 Å². The van der Waals surface area contributed by atoms with Crippen LogP contribution < -0.4 is 10.2 Å². The van der Waals surface area contributed by atoms with Crippen molar-refractivity contribution in [3.63, 3.8) is 0 Å². The zero-order valence-electron chi connectivity index (χ0n) is 11.3. The highest BCUT2D eigenvalue weighted by molar-refractivity contribution is 6.33. The van der Waals surface area contributed by atoms with Gasteiger partial charge in [0.1, 0.15) is 0 Å². The van der Waals surface area contributed by atoms with E-state index in [1.165, 1.54) is 11.3 Å². The van der Waals surface area contributed by atoms with E-state index in [1.807, 2.05) is 19.2 Å². The van der Waals surface area contributed by atoms with Gasteiger partial charge < -0.3 is 10.2 Å². The molecule has 0 bridgehead atoms. The number of nitrogens with one attached hydrogen (secondary N) is 1. The molecule has 1 aromatic carbocycles. The van der Waals surface area contributed by atoms with Crippen molar-refractivity contribution >= 4 is 17.3 Å². The van der Waals surface area contributed by atoms with E-state index in [0.29, 0.717) is 6.04 Å². The Morgan fingerprint density at radius 3 is 2.59 bits per heavy atom. The standard InChI is InChI=1S/C14H23ClN2/c1-5-9-17(11(2)3)14-12(10-16-4)7-6-8-13(14)15/h6-8,11,16H,5,9-10H2,1-4H3. The molecule has 1 rings (SSSR count). The maximum atomic E-state index is 6.37. The second-order valence-corrected chi connectivity index (χ2v) is 4.97. The Balaban J connectivity index is 3.14. The van der Waals surface area contributed by atoms with Crippen molar-refractivity contribution in [3.8, 4) is 0 Å². The second kappa shape index (κ2) is 6.87. The fourth-order valence-corrected chi connectivity index (χ4v) is 2.39. The molecule has 0 amide bonds. The molecule has 0 saturated heterocycles. The molecular weight excluding hydrogens is 232 g/mol. The van der Waals surface area contributed by atoms with Crippen molar-refractivity contribution < 1.29 is 0 Å². The average Bonchev–Trinajstić information content (AvgIpc) is 2.27. The Hall–Kier alpha value is -0.730. The number of halogens is 1. The summed E-state index contributed by atoms with van der Waals surface area (Å²) < 4.78 is 0. The molecule has 2 nitrogen and oxygen atoms in total. The number of hydrogen-bond acceptors (Lipinski definition) is 2. The van der Waals surface area contributed by atoms with Crippen LogP contribution in [0, 0.1) is 0 Å². The SMILES string of the molecule is CCCN(c1c(Cl)cccc1CNC)C(C)C. The predicted molar refractivity (Wildman–Crippen MR) is 77.0 cm³/mol. The van der Waals surface area contributed by atoms with Crippen molar-refractivity contribution in [3.05, 3.63) is 28.8 Å². The van der Waals surface area contributed by atoms with E-state index in [0.717, 1.165) is 24.5 Å². The summed E-state index contributed by atoms with van der Waals surface area (Å²) in [4.78, 5) is 2.38. The van der Waals surface area contributed by atoms with E-state index in [9.17, 15) is 0 Å². The molecule has 0 aliphatic heterocycles. The summed E-state index contributed by atoms with van der Waals surface area (Å²) in [6, 6.07) is 6.60. The maximum Gasteiger partial charge on any atom is 0.0643 e. The van der Waals surface area contributed by atoms with Crippen molar-refractivity contribution in [2.45, 2.75) is 39.8 Å². The van der Waals surface area contributed by atoms with E-state index in [4.69, 9.17) is 11.6 Å². The number of hydrogen-bond donors (Lipinski definition) is 1. The van der Waals surface area contributed by atoms with E-state index in [2.05, 4.69) is 37.1 Å². The lowest BCUT2D eigenvalue weighted by molar-refractivity contribution is 0.664. The fourth-order valence-electron chi connectivity index (χ4n) is 2.08. The molecule has 0 unspecified atom stereocenters. The normalized spacial score (nSPS) is 10.9. The maximum absolute atomic E-state index is 6.37. The van der Waals surface area contributed by atoms with Gasteiger partial charge in [-0.2, -0.15) is 0 Å². The highest BCUT2D eigenvalue weighted by atomic mass is 35.5. The molecule has 1 aromatic rings. The monoisotopic (exact) mass is 254 g/mol. The second-order valence-electron chi connectivity index (χ2n) is 4.57. The van der Waals surface area contributed by atoms with Crippen LogP contribution in [0.2, 0.25) is 5.02 Å². The lowest BCUT2D eigenvalue weighted by atomic mass is 10.1. The molecule has 0 atom stereocenters. The molecule has 0 aliphatic rings. The van der Waals surface area contributed by atoms with Gasteiger partial charge in [-0.05, 0) is 38.9 Å². The smallest absolute Gasteiger partial charge is 0.0643 e. The summed E-state index contributed by atoms with van der Waals surface area (Å²) in [6.07, 6.45) is 1.13. The van der Waals surface area contributed by atoms with Crippen LogP contribution in [-0.4, -0.2) is 19.6 Å². The first-order valence-electron chi connectivity index (χ1n) is 6.30. The van der Waals surface area contributed by atoms with E-state index in [1.54, 1.807) is 0 Å². The van der Waals surface area contributed by atoms with Gasteiger partial charge in [0.15, 0.2) is 0 Å². The van der Waals surface area contributed by atoms with Gasteiger partial charge in [-0.1, -0.05) is 30.7 Å². The predicted octanol–water partition coefficient (Wildman–Crippen LogP) is 3.68. The summed E-state index contributed by atoms with van der Waals surface area (Å²) in [5.74, 6) is 0. The van der Waals surface area contributed by atoms with Gasteiger partial charge in [0.2, 0.25) is 0 Å². The molecule has 0 aliphatic carbocycles. The number of rotatable bonds is 6. The van der Waals surface area contributed by atoms with E-state index in [-0.39, 0.29) is 0 Å².